The lowest BCUT2D eigenvalue weighted by molar-refractivity contribution is 0.0582. The zero-order valence-corrected chi connectivity index (χ0v) is 15.0. The van der Waals surface area contributed by atoms with Crippen LogP contribution in [0.2, 0.25) is 0 Å². The molecular formula is C18H22N4O4. The van der Waals surface area contributed by atoms with Crippen LogP contribution in [-0.2, 0) is 17.9 Å². The van der Waals surface area contributed by atoms with Gasteiger partial charge in [0.25, 0.3) is 5.88 Å². The Morgan fingerprint density at radius 3 is 2.69 bits per heavy atom. The Kier molecular flexibility index (Phi) is 4.80. The molecule has 0 fully saturated rings. The Balaban J connectivity index is 2.35. The van der Waals surface area contributed by atoms with Crippen molar-refractivity contribution < 1.29 is 19.4 Å². The fourth-order valence-electron chi connectivity index (χ4n) is 2.88. The fourth-order valence-corrected chi connectivity index (χ4v) is 2.88. The van der Waals surface area contributed by atoms with E-state index in [0.29, 0.717) is 29.0 Å². The maximum Gasteiger partial charge on any atom is 0.411 e. The minimum absolute atomic E-state index is 0.0402. The predicted octanol–water partition coefficient (Wildman–Crippen LogP) is 2.35. The predicted molar refractivity (Wildman–Crippen MR) is 96.9 cm³/mol. The Bertz CT molecular complexity index is 959. The van der Waals surface area contributed by atoms with Gasteiger partial charge in [-0.15, -0.1) is 0 Å². The van der Waals surface area contributed by atoms with Crippen LogP contribution in [0.4, 0.5) is 4.79 Å². The van der Waals surface area contributed by atoms with Gasteiger partial charge in [-0.1, -0.05) is 18.2 Å². The normalized spacial score (nSPS) is 12.0. The number of imidazole rings is 1. The van der Waals surface area contributed by atoms with Gasteiger partial charge in [-0.05, 0) is 26.8 Å². The summed E-state index contributed by atoms with van der Waals surface area (Å²) in [5.41, 5.74) is 5.95. The highest BCUT2D eigenvalue weighted by Gasteiger charge is 2.24. The van der Waals surface area contributed by atoms with E-state index in [1.165, 1.54) is 0 Å². The molecule has 2 aromatic heterocycles. The maximum absolute atomic E-state index is 11.3. The number of aromatic nitrogens is 3. The number of pyridine rings is 1. The average Bonchev–Trinajstić information content (AvgIpc) is 2.90. The molecular weight excluding hydrogens is 336 g/mol. The van der Waals surface area contributed by atoms with E-state index in [4.69, 9.17) is 15.2 Å². The number of carbonyl (C=O) groups is 1. The van der Waals surface area contributed by atoms with Gasteiger partial charge < -0.3 is 24.9 Å². The number of primary amides is 1. The van der Waals surface area contributed by atoms with Crippen LogP contribution in [0.15, 0.2) is 24.3 Å². The van der Waals surface area contributed by atoms with E-state index in [0.717, 1.165) is 5.39 Å². The first kappa shape index (κ1) is 18.1. The van der Waals surface area contributed by atoms with E-state index in [2.05, 4.69) is 9.97 Å². The van der Waals surface area contributed by atoms with Crippen LogP contribution in [0.3, 0.4) is 0 Å². The number of fused-ring (bicyclic) bond motifs is 3. The van der Waals surface area contributed by atoms with Crippen LogP contribution >= 0.6 is 0 Å². The van der Waals surface area contributed by atoms with Crippen molar-refractivity contribution in [3.8, 4) is 5.88 Å². The first-order valence-corrected chi connectivity index (χ1v) is 8.35. The SMILES string of the molecule is CCOCc1nc2c(OC(N)=O)nc3ccccc3c2n1CC(C)(C)O. The van der Waals surface area contributed by atoms with Crippen LogP contribution in [0.1, 0.15) is 26.6 Å². The molecule has 0 aliphatic rings. The monoisotopic (exact) mass is 358 g/mol. The lowest BCUT2D eigenvalue weighted by Gasteiger charge is -2.20. The van der Waals surface area contributed by atoms with Gasteiger partial charge in [0.05, 0.1) is 23.2 Å². The lowest BCUT2D eigenvalue weighted by atomic mass is 10.1. The van der Waals surface area contributed by atoms with Crippen molar-refractivity contribution in [2.75, 3.05) is 6.61 Å². The number of ether oxygens (including phenoxy) is 2. The minimum atomic E-state index is -0.982. The summed E-state index contributed by atoms with van der Waals surface area (Å²) in [4.78, 5) is 20.2. The van der Waals surface area contributed by atoms with Gasteiger partial charge in [0, 0.05) is 12.0 Å². The number of hydrogen-bond donors (Lipinski definition) is 2. The molecule has 8 heteroatoms. The third-order valence-electron chi connectivity index (χ3n) is 3.81. The topological polar surface area (TPSA) is 112 Å². The summed E-state index contributed by atoms with van der Waals surface area (Å²) >= 11 is 0. The Morgan fingerprint density at radius 2 is 2.04 bits per heavy atom. The third kappa shape index (κ3) is 3.61. The molecule has 0 spiro atoms. The van der Waals surface area contributed by atoms with E-state index >= 15 is 0 Å². The highest BCUT2D eigenvalue weighted by Crippen LogP contribution is 2.32. The number of para-hydroxylation sites is 1. The molecule has 3 N–H and O–H groups in total. The Labute approximate surface area is 150 Å². The van der Waals surface area contributed by atoms with Gasteiger partial charge in [-0.25, -0.2) is 14.8 Å². The maximum atomic E-state index is 11.3. The summed E-state index contributed by atoms with van der Waals surface area (Å²) in [6.45, 7) is 6.39. The molecule has 1 amide bonds. The van der Waals surface area contributed by atoms with Crippen molar-refractivity contribution in [3.05, 3.63) is 30.1 Å². The molecule has 8 nitrogen and oxygen atoms in total. The van der Waals surface area contributed by atoms with Gasteiger partial charge in [0.15, 0.2) is 5.52 Å². The first-order valence-electron chi connectivity index (χ1n) is 8.35. The molecule has 3 rings (SSSR count). The van der Waals surface area contributed by atoms with Crippen molar-refractivity contribution in [1.82, 2.24) is 14.5 Å². The zero-order valence-electron chi connectivity index (χ0n) is 15.0. The molecule has 0 unspecified atom stereocenters. The molecule has 0 radical (unpaired) electrons. The summed E-state index contributed by atoms with van der Waals surface area (Å²) in [7, 11) is 0. The summed E-state index contributed by atoms with van der Waals surface area (Å²) in [5.74, 6) is 0.648. The molecule has 1 aromatic carbocycles. The molecule has 0 saturated carbocycles. The van der Waals surface area contributed by atoms with Crippen molar-refractivity contribution in [2.45, 2.75) is 39.5 Å². The molecule has 0 atom stereocenters. The molecule has 2 heterocycles. The Morgan fingerprint density at radius 1 is 1.31 bits per heavy atom. The molecule has 0 bridgehead atoms. The van der Waals surface area contributed by atoms with Crippen molar-refractivity contribution >= 4 is 28.0 Å². The van der Waals surface area contributed by atoms with Gasteiger partial charge in [0.1, 0.15) is 12.4 Å². The van der Waals surface area contributed by atoms with Crippen molar-refractivity contribution in [3.63, 3.8) is 0 Å². The first-order chi connectivity index (χ1) is 12.3. The second-order valence-electron chi connectivity index (χ2n) is 6.62. The van der Waals surface area contributed by atoms with Crippen LogP contribution < -0.4 is 10.5 Å². The second-order valence-corrected chi connectivity index (χ2v) is 6.62. The number of carbonyl (C=O) groups excluding carboxylic acids is 1. The van der Waals surface area contributed by atoms with Gasteiger partial charge in [-0.3, -0.25) is 0 Å². The molecule has 3 aromatic rings. The lowest BCUT2D eigenvalue weighted by Crippen LogP contribution is -2.27. The molecule has 26 heavy (non-hydrogen) atoms. The summed E-state index contributed by atoms with van der Waals surface area (Å²) < 4.78 is 12.5. The van der Waals surface area contributed by atoms with Crippen molar-refractivity contribution in [2.24, 2.45) is 5.73 Å². The van der Waals surface area contributed by atoms with E-state index in [-0.39, 0.29) is 19.0 Å². The largest absolute Gasteiger partial charge is 0.411 e. The molecule has 0 aliphatic heterocycles. The molecule has 0 aliphatic carbocycles. The summed E-state index contributed by atoms with van der Waals surface area (Å²) in [6.07, 6.45) is -0.961. The zero-order chi connectivity index (χ0) is 18.9. The number of nitrogens with zero attached hydrogens (tertiary/aromatic N) is 3. The number of benzene rings is 1. The van der Waals surface area contributed by atoms with E-state index < -0.39 is 11.7 Å². The summed E-state index contributed by atoms with van der Waals surface area (Å²) in [6, 6.07) is 7.45. The van der Waals surface area contributed by atoms with Gasteiger partial charge in [0.2, 0.25) is 0 Å². The Hall–Kier alpha value is -2.71. The number of hydrogen-bond acceptors (Lipinski definition) is 6. The van der Waals surface area contributed by atoms with Gasteiger partial charge in [-0.2, -0.15) is 0 Å². The number of nitrogens with two attached hydrogens (primary N) is 1. The summed E-state index contributed by atoms with van der Waals surface area (Å²) in [5, 5.41) is 11.2. The number of rotatable bonds is 6. The van der Waals surface area contributed by atoms with Crippen LogP contribution in [-0.4, -0.2) is 37.9 Å². The average molecular weight is 358 g/mol. The molecule has 0 saturated heterocycles. The third-order valence-corrected chi connectivity index (χ3v) is 3.81. The fraction of sp³-hybridized carbons (Fsp3) is 0.389. The smallest absolute Gasteiger partial charge is 0.389 e. The van der Waals surface area contributed by atoms with E-state index in [9.17, 15) is 9.90 Å². The minimum Gasteiger partial charge on any atom is -0.389 e. The van der Waals surface area contributed by atoms with Crippen LogP contribution in [0.25, 0.3) is 21.9 Å². The highest BCUT2D eigenvalue weighted by molar-refractivity contribution is 6.05. The quantitative estimate of drug-likeness (QED) is 0.699. The van der Waals surface area contributed by atoms with Crippen LogP contribution in [0, 0.1) is 0 Å². The number of aliphatic hydroxyl groups is 1. The molecule has 138 valence electrons. The van der Waals surface area contributed by atoms with Crippen molar-refractivity contribution in [1.29, 1.82) is 0 Å². The van der Waals surface area contributed by atoms with E-state index in [1.807, 2.05) is 35.8 Å². The highest BCUT2D eigenvalue weighted by atomic mass is 16.6. The van der Waals surface area contributed by atoms with Gasteiger partial charge >= 0.3 is 6.09 Å². The van der Waals surface area contributed by atoms with E-state index in [1.54, 1.807) is 13.8 Å². The standard InChI is InChI=1S/C18H22N4O4/c1-4-25-9-13-21-14-15(22(13)10-18(2,3)24)11-7-5-6-8-12(11)20-16(14)26-17(19)23/h5-8,24H,4,9-10H2,1-3H3,(H2,19,23). The van der Waals surface area contributed by atoms with Crippen LogP contribution in [0.5, 0.6) is 5.88 Å². The number of amides is 1. The second kappa shape index (κ2) is 6.89.